The van der Waals surface area contributed by atoms with Gasteiger partial charge < -0.3 is 4.55 Å². The number of hydrogen-bond donors (Lipinski definition) is 0. The van der Waals surface area contributed by atoms with Gasteiger partial charge in [0.1, 0.15) is 13.6 Å². The van der Waals surface area contributed by atoms with Crippen molar-refractivity contribution in [1.29, 1.82) is 0 Å². The zero-order valence-electron chi connectivity index (χ0n) is 12.0. The minimum atomic E-state index is -4.09. The number of aromatic nitrogens is 2. The number of hydrogen-bond acceptors (Lipinski definition) is 3. The molecular weight excluding hydrogens is 288 g/mol. The maximum absolute atomic E-state index is 10.5. The second-order valence-corrected chi connectivity index (χ2v) is 6.57. The molecule has 112 valence electrons. The third-order valence-corrected chi connectivity index (χ3v) is 4.05. The maximum Gasteiger partial charge on any atom is 0.169 e. The average molecular weight is 307 g/mol. The summed E-state index contributed by atoms with van der Waals surface area (Å²) in [4.78, 5) is 0. The lowest BCUT2D eigenvalue weighted by molar-refractivity contribution is -0.697. The topological polar surface area (TPSA) is 65.0 Å². The minimum absolute atomic E-state index is 0.285. The molecule has 0 aliphatic rings. The van der Waals surface area contributed by atoms with Crippen LogP contribution in [0.2, 0.25) is 0 Å². The van der Waals surface area contributed by atoms with Crippen LogP contribution in [0.5, 0.6) is 0 Å². The van der Waals surface area contributed by atoms with Crippen LogP contribution in [0.3, 0.4) is 0 Å². The van der Waals surface area contributed by atoms with Gasteiger partial charge in [-0.05, 0) is 17.5 Å². The third kappa shape index (κ3) is 5.24. The molecule has 0 atom stereocenters. The first-order chi connectivity index (χ1) is 9.94. The van der Waals surface area contributed by atoms with Crippen LogP contribution in [0.25, 0.3) is 11.1 Å². The molecule has 0 saturated heterocycles. The standard InChI is InChI=1S/C15H19N2O3S/c1-16-9-4-14(5-10-16)15-6-11-17(12-7-15)8-2-3-13-21(18,19)20/h4-7,9-12H,2-3,8,13H2,1H3/q+1. The predicted octanol–water partition coefficient (Wildman–Crippen LogP) is 0.791. The number of unbranched alkanes of at least 4 members (excludes halogenated alkanes) is 1. The first-order valence-corrected chi connectivity index (χ1v) is 8.40. The number of rotatable bonds is 6. The second kappa shape index (κ2) is 6.78. The summed E-state index contributed by atoms with van der Waals surface area (Å²) in [5, 5.41) is 0. The fourth-order valence-corrected chi connectivity index (χ4v) is 2.62. The molecule has 0 amide bonds. The van der Waals surface area contributed by atoms with E-state index in [4.69, 9.17) is 0 Å². The van der Waals surface area contributed by atoms with Crippen LogP contribution in [0.15, 0.2) is 49.1 Å². The highest BCUT2D eigenvalue weighted by molar-refractivity contribution is 7.85. The van der Waals surface area contributed by atoms with Crippen molar-refractivity contribution < 1.29 is 22.1 Å². The first kappa shape index (κ1) is 15.6. The number of pyridine rings is 2. The van der Waals surface area contributed by atoms with Gasteiger partial charge in [0.05, 0.1) is 10.1 Å². The van der Waals surface area contributed by atoms with E-state index in [1.165, 1.54) is 0 Å². The van der Waals surface area contributed by atoms with Gasteiger partial charge in [0.15, 0.2) is 24.8 Å². The van der Waals surface area contributed by atoms with Gasteiger partial charge in [-0.2, -0.15) is 0 Å². The van der Waals surface area contributed by atoms with E-state index in [1.54, 1.807) is 0 Å². The number of nitrogens with zero attached hydrogens (tertiary/aromatic N) is 2. The van der Waals surface area contributed by atoms with Gasteiger partial charge in [-0.25, -0.2) is 17.6 Å². The molecule has 6 heteroatoms. The van der Waals surface area contributed by atoms with E-state index >= 15 is 0 Å². The third-order valence-electron chi connectivity index (χ3n) is 3.26. The van der Waals surface area contributed by atoms with E-state index in [1.807, 2.05) is 53.1 Å². The zero-order valence-corrected chi connectivity index (χ0v) is 12.8. The average Bonchev–Trinajstić information content (AvgIpc) is 2.44. The SMILES string of the molecule is C[n+]1ccc(-c2cc[n+](CCCCS(=O)(=O)[O-])cc2)cc1. The second-order valence-electron chi connectivity index (χ2n) is 5.05. The van der Waals surface area contributed by atoms with Crippen LogP contribution in [0.1, 0.15) is 12.8 Å². The van der Waals surface area contributed by atoms with Crippen LogP contribution < -0.4 is 9.13 Å². The Kier molecular flexibility index (Phi) is 5.03. The van der Waals surface area contributed by atoms with Gasteiger partial charge in [-0.1, -0.05) is 0 Å². The quantitative estimate of drug-likeness (QED) is 0.450. The van der Waals surface area contributed by atoms with E-state index in [0.29, 0.717) is 19.4 Å². The summed E-state index contributed by atoms with van der Waals surface area (Å²) in [5.74, 6) is -0.285. The summed E-state index contributed by atoms with van der Waals surface area (Å²) in [6.45, 7) is 0.708. The molecule has 0 saturated carbocycles. The molecule has 5 nitrogen and oxygen atoms in total. The van der Waals surface area contributed by atoms with Crippen molar-refractivity contribution in [3.63, 3.8) is 0 Å². The fraction of sp³-hybridized carbons (Fsp3) is 0.333. The fourth-order valence-electron chi connectivity index (χ4n) is 2.07. The molecule has 21 heavy (non-hydrogen) atoms. The Bertz CT molecular complexity index is 680. The minimum Gasteiger partial charge on any atom is -0.748 e. The summed E-state index contributed by atoms with van der Waals surface area (Å²) in [6.07, 6.45) is 9.00. The van der Waals surface area contributed by atoms with Gasteiger partial charge in [0.25, 0.3) is 0 Å². The molecule has 2 aromatic rings. The molecule has 2 aromatic heterocycles. The monoisotopic (exact) mass is 307 g/mol. The highest BCUT2D eigenvalue weighted by atomic mass is 32.2. The Labute approximate surface area is 125 Å². The lowest BCUT2D eigenvalue weighted by atomic mass is 10.1. The molecule has 2 heterocycles. The van der Waals surface area contributed by atoms with Crippen molar-refractivity contribution in [3.8, 4) is 11.1 Å². The van der Waals surface area contributed by atoms with E-state index < -0.39 is 10.1 Å². The highest BCUT2D eigenvalue weighted by Gasteiger charge is 2.05. The smallest absolute Gasteiger partial charge is 0.169 e. The van der Waals surface area contributed by atoms with Gasteiger partial charge in [0, 0.05) is 36.4 Å². The molecular formula is C15H19N2O3S+. The predicted molar refractivity (Wildman–Crippen MR) is 77.0 cm³/mol. The molecule has 0 spiro atoms. The van der Waals surface area contributed by atoms with E-state index in [2.05, 4.69) is 12.1 Å². The lowest BCUT2D eigenvalue weighted by Gasteiger charge is -2.04. The molecule has 0 N–H and O–H groups in total. The Morgan fingerprint density at radius 3 is 2.00 bits per heavy atom. The molecule has 0 unspecified atom stereocenters. The van der Waals surface area contributed by atoms with Gasteiger partial charge in [0.2, 0.25) is 0 Å². The first-order valence-electron chi connectivity index (χ1n) is 6.82. The van der Waals surface area contributed by atoms with Crippen molar-refractivity contribution in [1.82, 2.24) is 0 Å². The van der Waals surface area contributed by atoms with E-state index in [-0.39, 0.29) is 5.75 Å². The zero-order chi connectivity index (χ0) is 15.3. The normalized spacial score (nSPS) is 11.5. The number of aryl methyl sites for hydroxylation is 2. The van der Waals surface area contributed by atoms with Crippen molar-refractivity contribution in [3.05, 3.63) is 49.1 Å². The molecule has 2 rings (SSSR count). The molecule has 0 radical (unpaired) electrons. The van der Waals surface area contributed by atoms with Gasteiger partial charge >= 0.3 is 0 Å². The van der Waals surface area contributed by atoms with Crippen LogP contribution in [0, 0.1) is 0 Å². The van der Waals surface area contributed by atoms with Gasteiger partial charge in [-0.3, -0.25) is 0 Å². The van der Waals surface area contributed by atoms with Crippen molar-refractivity contribution in [2.45, 2.75) is 19.4 Å². The summed E-state index contributed by atoms with van der Waals surface area (Å²) in [5.41, 5.74) is 2.28. The maximum atomic E-state index is 10.5. The Hall–Kier alpha value is -1.79. The molecule has 0 fully saturated rings. The summed E-state index contributed by atoms with van der Waals surface area (Å²) in [6, 6.07) is 8.16. The molecule has 0 aliphatic heterocycles. The van der Waals surface area contributed by atoms with Crippen LogP contribution >= 0.6 is 0 Å². The Morgan fingerprint density at radius 1 is 0.952 bits per heavy atom. The molecule has 0 aromatic carbocycles. The Balaban J connectivity index is 1.91. The van der Waals surface area contributed by atoms with Crippen LogP contribution in [0.4, 0.5) is 0 Å². The van der Waals surface area contributed by atoms with Crippen LogP contribution in [-0.2, 0) is 23.7 Å². The lowest BCUT2D eigenvalue weighted by Crippen LogP contribution is -2.32. The van der Waals surface area contributed by atoms with Crippen LogP contribution in [-0.4, -0.2) is 18.7 Å². The van der Waals surface area contributed by atoms with E-state index in [9.17, 15) is 13.0 Å². The van der Waals surface area contributed by atoms with E-state index in [0.717, 1.165) is 11.1 Å². The Morgan fingerprint density at radius 2 is 1.48 bits per heavy atom. The summed E-state index contributed by atoms with van der Waals surface area (Å²) < 4.78 is 35.5. The van der Waals surface area contributed by atoms with Crippen molar-refractivity contribution in [2.24, 2.45) is 7.05 Å². The summed E-state index contributed by atoms with van der Waals surface area (Å²) in [7, 11) is -2.11. The summed E-state index contributed by atoms with van der Waals surface area (Å²) >= 11 is 0. The molecule has 0 bridgehead atoms. The van der Waals surface area contributed by atoms with Gasteiger partial charge in [-0.15, -0.1) is 0 Å². The largest absolute Gasteiger partial charge is 0.748 e. The molecule has 0 aliphatic carbocycles. The highest BCUT2D eigenvalue weighted by Crippen LogP contribution is 2.15. The van der Waals surface area contributed by atoms with Crippen molar-refractivity contribution in [2.75, 3.05) is 5.75 Å². The van der Waals surface area contributed by atoms with Crippen molar-refractivity contribution >= 4 is 10.1 Å².